The van der Waals surface area contributed by atoms with Gasteiger partial charge in [-0.15, -0.1) is 0 Å². The summed E-state index contributed by atoms with van der Waals surface area (Å²) >= 11 is 3.44. The van der Waals surface area contributed by atoms with Crippen LogP contribution in [0.25, 0.3) is 0 Å². The minimum absolute atomic E-state index is 0.509. The fraction of sp³-hybridized carbons (Fsp3) is 0.300. The first-order valence-corrected chi connectivity index (χ1v) is 5.07. The first kappa shape index (κ1) is 8.75. The fourth-order valence-corrected chi connectivity index (χ4v) is 2.13. The molecule has 0 spiro atoms. The standard InChI is InChI=1S/C10H10BrNO/c11-9-1-2-10-8(7-9)3-4-12(10)5-6-13/h1-2,6-7H,3-5H2. The molecule has 0 N–H and O–H groups in total. The zero-order valence-corrected chi connectivity index (χ0v) is 8.75. The molecule has 1 heterocycles. The van der Waals surface area contributed by atoms with Crippen molar-refractivity contribution in [3.63, 3.8) is 0 Å². The summed E-state index contributed by atoms with van der Waals surface area (Å²) in [7, 11) is 0. The highest BCUT2D eigenvalue weighted by atomic mass is 79.9. The Kier molecular flexibility index (Phi) is 2.36. The maximum atomic E-state index is 10.4. The third-order valence-electron chi connectivity index (χ3n) is 2.33. The van der Waals surface area contributed by atoms with Crippen LogP contribution in [0, 0.1) is 0 Å². The number of aldehydes is 1. The second-order valence-electron chi connectivity index (χ2n) is 3.14. The van der Waals surface area contributed by atoms with E-state index >= 15 is 0 Å². The largest absolute Gasteiger partial charge is 0.364 e. The molecule has 0 amide bonds. The monoisotopic (exact) mass is 239 g/mol. The summed E-state index contributed by atoms with van der Waals surface area (Å²) in [5, 5.41) is 0. The van der Waals surface area contributed by atoms with E-state index < -0.39 is 0 Å². The van der Waals surface area contributed by atoms with Gasteiger partial charge in [0.1, 0.15) is 6.29 Å². The van der Waals surface area contributed by atoms with Crippen molar-refractivity contribution in [2.45, 2.75) is 6.42 Å². The van der Waals surface area contributed by atoms with Crippen molar-refractivity contribution >= 4 is 27.9 Å². The van der Waals surface area contributed by atoms with Gasteiger partial charge in [0.15, 0.2) is 0 Å². The van der Waals surface area contributed by atoms with Crippen molar-refractivity contribution < 1.29 is 4.79 Å². The molecule has 0 unspecified atom stereocenters. The van der Waals surface area contributed by atoms with Gasteiger partial charge in [-0.25, -0.2) is 0 Å². The minimum atomic E-state index is 0.509. The number of hydrogen-bond donors (Lipinski definition) is 0. The molecule has 0 radical (unpaired) electrons. The van der Waals surface area contributed by atoms with Crippen LogP contribution < -0.4 is 4.90 Å². The maximum Gasteiger partial charge on any atom is 0.139 e. The van der Waals surface area contributed by atoms with E-state index in [1.807, 2.05) is 6.07 Å². The van der Waals surface area contributed by atoms with Crippen LogP contribution in [0.4, 0.5) is 5.69 Å². The molecule has 0 fully saturated rings. The molecule has 0 atom stereocenters. The Balaban J connectivity index is 2.32. The second-order valence-corrected chi connectivity index (χ2v) is 4.05. The van der Waals surface area contributed by atoms with Crippen LogP contribution in [0.15, 0.2) is 22.7 Å². The Morgan fingerprint density at radius 2 is 2.38 bits per heavy atom. The topological polar surface area (TPSA) is 20.3 Å². The van der Waals surface area contributed by atoms with Crippen molar-refractivity contribution in [2.75, 3.05) is 18.0 Å². The van der Waals surface area contributed by atoms with Gasteiger partial charge in [0.25, 0.3) is 0 Å². The number of carbonyl (C=O) groups excluding carboxylic acids is 1. The molecule has 0 aliphatic carbocycles. The Morgan fingerprint density at radius 3 is 3.15 bits per heavy atom. The van der Waals surface area contributed by atoms with Gasteiger partial charge in [0.05, 0.1) is 6.54 Å². The van der Waals surface area contributed by atoms with Crippen LogP contribution >= 0.6 is 15.9 Å². The van der Waals surface area contributed by atoms with Crippen LogP contribution in [0.3, 0.4) is 0 Å². The Hall–Kier alpha value is -0.830. The van der Waals surface area contributed by atoms with E-state index in [0.29, 0.717) is 6.54 Å². The van der Waals surface area contributed by atoms with Crippen molar-refractivity contribution in [2.24, 2.45) is 0 Å². The molecule has 2 nitrogen and oxygen atoms in total. The van der Waals surface area contributed by atoms with E-state index in [2.05, 4.69) is 33.0 Å². The third-order valence-corrected chi connectivity index (χ3v) is 2.82. The molecular weight excluding hydrogens is 230 g/mol. The molecule has 68 valence electrons. The zero-order chi connectivity index (χ0) is 9.26. The summed E-state index contributed by atoms with van der Waals surface area (Å²) in [6, 6.07) is 6.21. The number of rotatable bonds is 2. The van der Waals surface area contributed by atoms with E-state index in [1.54, 1.807) is 0 Å². The third kappa shape index (κ3) is 1.61. The van der Waals surface area contributed by atoms with Gasteiger partial charge in [-0.1, -0.05) is 15.9 Å². The molecule has 1 aliphatic rings. The molecule has 0 bridgehead atoms. The van der Waals surface area contributed by atoms with Crippen LogP contribution in [-0.2, 0) is 11.2 Å². The molecule has 2 rings (SSSR count). The highest BCUT2D eigenvalue weighted by Gasteiger charge is 2.17. The highest BCUT2D eigenvalue weighted by Crippen LogP contribution is 2.29. The summed E-state index contributed by atoms with van der Waals surface area (Å²) < 4.78 is 1.11. The van der Waals surface area contributed by atoms with E-state index in [0.717, 1.165) is 23.7 Å². The van der Waals surface area contributed by atoms with Gasteiger partial charge in [-0.05, 0) is 30.2 Å². The van der Waals surface area contributed by atoms with Crippen molar-refractivity contribution in [1.29, 1.82) is 0 Å². The quantitative estimate of drug-likeness (QED) is 0.737. The molecule has 13 heavy (non-hydrogen) atoms. The molecule has 1 aromatic rings. The summed E-state index contributed by atoms with van der Waals surface area (Å²) in [5.41, 5.74) is 2.53. The van der Waals surface area contributed by atoms with Crippen molar-refractivity contribution in [1.82, 2.24) is 0 Å². The van der Waals surface area contributed by atoms with Crippen LogP contribution in [0.5, 0.6) is 0 Å². The van der Waals surface area contributed by atoms with E-state index in [4.69, 9.17) is 0 Å². The first-order valence-electron chi connectivity index (χ1n) is 4.28. The second kappa shape index (κ2) is 3.50. The van der Waals surface area contributed by atoms with Crippen molar-refractivity contribution in [3.05, 3.63) is 28.2 Å². The van der Waals surface area contributed by atoms with Gasteiger partial charge < -0.3 is 9.69 Å². The Morgan fingerprint density at radius 1 is 1.54 bits per heavy atom. The lowest BCUT2D eigenvalue weighted by atomic mass is 10.2. The number of nitrogens with zero attached hydrogens (tertiary/aromatic N) is 1. The Bertz CT molecular complexity index is 338. The molecule has 3 heteroatoms. The zero-order valence-electron chi connectivity index (χ0n) is 7.16. The minimum Gasteiger partial charge on any atom is -0.364 e. The fourth-order valence-electron chi connectivity index (χ4n) is 1.72. The number of fused-ring (bicyclic) bond motifs is 1. The number of benzene rings is 1. The van der Waals surface area contributed by atoms with Gasteiger partial charge in [-0.2, -0.15) is 0 Å². The number of hydrogen-bond acceptors (Lipinski definition) is 2. The Labute approximate surface area is 85.7 Å². The lowest BCUT2D eigenvalue weighted by molar-refractivity contribution is -0.106. The van der Waals surface area contributed by atoms with E-state index in [-0.39, 0.29) is 0 Å². The lowest BCUT2D eigenvalue weighted by Crippen LogP contribution is -2.22. The van der Waals surface area contributed by atoms with Gasteiger partial charge in [0, 0.05) is 16.7 Å². The normalized spacial score (nSPS) is 14.4. The van der Waals surface area contributed by atoms with Crippen LogP contribution in [-0.4, -0.2) is 19.4 Å². The summed E-state index contributed by atoms with van der Waals surface area (Å²) in [4.78, 5) is 12.5. The van der Waals surface area contributed by atoms with Gasteiger partial charge >= 0.3 is 0 Å². The molecule has 0 aromatic heterocycles. The molecule has 0 saturated carbocycles. The average Bonchev–Trinajstić information content (AvgIpc) is 2.49. The van der Waals surface area contributed by atoms with Crippen molar-refractivity contribution in [3.8, 4) is 0 Å². The highest BCUT2D eigenvalue weighted by molar-refractivity contribution is 9.10. The number of anilines is 1. The predicted molar refractivity (Wildman–Crippen MR) is 56.1 cm³/mol. The maximum absolute atomic E-state index is 10.4. The number of halogens is 1. The van der Waals surface area contributed by atoms with Crippen LogP contribution in [0.2, 0.25) is 0 Å². The lowest BCUT2D eigenvalue weighted by Gasteiger charge is -2.15. The molecular formula is C10H10BrNO. The smallest absolute Gasteiger partial charge is 0.139 e. The molecule has 1 aromatic carbocycles. The predicted octanol–water partition coefficient (Wildman–Crippen LogP) is 2.01. The number of carbonyl (C=O) groups is 1. The average molecular weight is 240 g/mol. The van der Waals surface area contributed by atoms with E-state index in [1.165, 1.54) is 11.3 Å². The van der Waals surface area contributed by atoms with Gasteiger partial charge in [-0.3, -0.25) is 0 Å². The first-order chi connectivity index (χ1) is 6.31. The van der Waals surface area contributed by atoms with Crippen LogP contribution in [0.1, 0.15) is 5.56 Å². The summed E-state index contributed by atoms with van der Waals surface area (Å²) in [6.07, 6.45) is 2.00. The molecule has 0 saturated heterocycles. The van der Waals surface area contributed by atoms with E-state index in [9.17, 15) is 4.79 Å². The summed E-state index contributed by atoms with van der Waals surface area (Å²) in [6.45, 7) is 1.47. The molecule has 1 aliphatic heterocycles. The summed E-state index contributed by atoms with van der Waals surface area (Å²) in [5.74, 6) is 0. The van der Waals surface area contributed by atoms with Gasteiger partial charge in [0.2, 0.25) is 0 Å². The SMILES string of the molecule is O=CCN1CCc2cc(Br)ccc21.